The van der Waals surface area contributed by atoms with Crippen molar-refractivity contribution in [3.8, 4) is 28.5 Å². The minimum Gasteiger partial charge on any atom is -0.346 e. The van der Waals surface area contributed by atoms with Gasteiger partial charge >= 0.3 is 0 Å². The molecule has 1 aromatic heterocycles. The highest BCUT2D eigenvalue weighted by atomic mass is 79.9. The maximum absolute atomic E-state index is 9.34. The Morgan fingerprint density at radius 2 is 1.33 bits per heavy atom. The Morgan fingerprint density at radius 3 is 1.86 bits per heavy atom. The summed E-state index contributed by atoms with van der Waals surface area (Å²) in [6, 6.07) is 20.2. The van der Waals surface area contributed by atoms with Crippen LogP contribution in [0, 0.1) is 11.3 Å². The van der Waals surface area contributed by atoms with E-state index in [-0.39, 0.29) is 0 Å². The van der Waals surface area contributed by atoms with Crippen LogP contribution in [0.3, 0.4) is 0 Å². The Labute approximate surface area is 139 Å². The average Bonchev–Trinajstić information content (AvgIpc) is 2.93. The maximum Gasteiger partial charge on any atom is 0.125 e. The molecule has 0 atom stereocenters. The largest absolute Gasteiger partial charge is 0.346 e. The van der Waals surface area contributed by atoms with E-state index in [1.54, 1.807) is 0 Å². The molecule has 0 bridgehead atoms. The number of rotatable bonds is 2. The lowest BCUT2D eigenvalue weighted by Crippen LogP contribution is -1.80. The van der Waals surface area contributed by atoms with Crippen LogP contribution in [0.2, 0.25) is 0 Å². The topological polar surface area (TPSA) is 39.6 Å². The Balaban J connectivity index is 2.08. The predicted octanol–water partition coefficient (Wildman–Crippen LogP) is 5.75. The molecule has 0 aliphatic carbocycles. The van der Waals surface area contributed by atoms with E-state index >= 15 is 0 Å². The number of hydrogen-bond acceptors (Lipinski definition) is 1. The highest BCUT2D eigenvalue weighted by Crippen LogP contribution is 2.30. The lowest BCUT2D eigenvalue weighted by Gasteiger charge is -1.98. The first-order chi connectivity index (χ1) is 10.2. The van der Waals surface area contributed by atoms with Gasteiger partial charge in [0.2, 0.25) is 0 Å². The minimum absolute atomic E-state index is 0.579. The summed E-state index contributed by atoms with van der Waals surface area (Å²) in [5.74, 6) is 0. The molecule has 0 aliphatic heterocycles. The van der Waals surface area contributed by atoms with Crippen LogP contribution in [0.15, 0.2) is 63.5 Å². The second kappa shape index (κ2) is 5.88. The van der Waals surface area contributed by atoms with Gasteiger partial charge in [-0.3, -0.25) is 0 Å². The van der Waals surface area contributed by atoms with Crippen LogP contribution in [-0.4, -0.2) is 4.98 Å². The Kier molecular flexibility index (Phi) is 3.96. The molecule has 2 nitrogen and oxygen atoms in total. The third kappa shape index (κ3) is 2.94. The van der Waals surface area contributed by atoms with Gasteiger partial charge in [0.05, 0.1) is 0 Å². The molecule has 102 valence electrons. The summed E-state index contributed by atoms with van der Waals surface area (Å²) in [6.45, 7) is 0. The van der Waals surface area contributed by atoms with Crippen molar-refractivity contribution in [2.45, 2.75) is 0 Å². The normalized spacial score (nSPS) is 10.3. The summed E-state index contributed by atoms with van der Waals surface area (Å²) >= 11 is 6.85. The first kappa shape index (κ1) is 14.1. The second-order valence-corrected chi connectivity index (χ2v) is 6.43. The van der Waals surface area contributed by atoms with E-state index in [9.17, 15) is 5.26 Å². The number of nitrogens with one attached hydrogen (secondary N) is 1. The van der Waals surface area contributed by atoms with Crippen molar-refractivity contribution in [3.05, 3.63) is 69.2 Å². The van der Waals surface area contributed by atoms with Gasteiger partial charge in [-0.2, -0.15) is 5.26 Å². The van der Waals surface area contributed by atoms with Crippen LogP contribution >= 0.6 is 31.9 Å². The maximum atomic E-state index is 9.34. The summed E-state index contributed by atoms with van der Waals surface area (Å²) in [4.78, 5) is 3.19. The standard InChI is InChI=1S/C17H10Br2N2/c18-13-5-1-11(2-6-13)15-9-16(21-17(15)10-20)12-3-7-14(19)8-4-12/h1-9,21H. The molecule has 0 saturated heterocycles. The molecule has 4 heteroatoms. The molecule has 0 unspecified atom stereocenters. The quantitative estimate of drug-likeness (QED) is 0.583. The Hall–Kier alpha value is -1.83. The number of nitriles is 1. The van der Waals surface area contributed by atoms with E-state index in [0.717, 1.165) is 31.3 Å². The number of hydrogen-bond donors (Lipinski definition) is 1. The molecule has 0 saturated carbocycles. The Morgan fingerprint density at radius 1 is 0.810 bits per heavy atom. The van der Waals surface area contributed by atoms with Crippen LogP contribution in [-0.2, 0) is 0 Å². The smallest absolute Gasteiger partial charge is 0.125 e. The van der Waals surface area contributed by atoms with Crippen molar-refractivity contribution in [3.63, 3.8) is 0 Å². The molecule has 0 fully saturated rings. The molecule has 0 spiro atoms. The number of halogens is 2. The molecular formula is C17H10Br2N2. The van der Waals surface area contributed by atoms with Gasteiger partial charge in [0.15, 0.2) is 0 Å². The molecule has 21 heavy (non-hydrogen) atoms. The van der Waals surface area contributed by atoms with Crippen molar-refractivity contribution in [2.24, 2.45) is 0 Å². The second-order valence-electron chi connectivity index (χ2n) is 4.60. The van der Waals surface area contributed by atoms with Crippen molar-refractivity contribution < 1.29 is 0 Å². The van der Waals surface area contributed by atoms with E-state index in [0.29, 0.717) is 5.69 Å². The zero-order chi connectivity index (χ0) is 14.8. The van der Waals surface area contributed by atoms with Gasteiger partial charge in [0.25, 0.3) is 0 Å². The number of benzene rings is 2. The van der Waals surface area contributed by atoms with Gasteiger partial charge in [0.1, 0.15) is 11.8 Å². The molecule has 0 radical (unpaired) electrons. The molecule has 0 amide bonds. The van der Waals surface area contributed by atoms with Gasteiger partial charge in [-0.05, 0) is 41.5 Å². The summed E-state index contributed by atoms with van der Waals surface area (Å²) in [5.41, 5.74) is 4.52. The van der Waals surface area contributed by atoms with E-state index < -0.39 is 0 Å². The summed E-state index contributed by atoms with van der Waals surface area (Å²) < 4.78 is 2.06. The van der Waals surface area contributed by atoms with Crippen LogP contribution < -0.4 is 0 Å². The molecule has 0 aliphatic rings. The lowest BCUT2D eigenvalue weighted by molar-refractivity contribution is 1.33. The molecule has 3 rings (SSSR count). The van der Waals surface area contributed by atoms with E-state index in [1.807, 2.05) is 54.6 Å². The third-order valence-electron chi connectivity index (χ3n) is 3.24. The Bertz CT molecular complexity index is 809. The van der Waals surface area contributed by atoms with Crippen molar-refractivity contribution in [1.29, 1.82) is 5.26 Å². The van der Waals surface area contributed by atoms with Gasteiger partial charge in [-0.25, -0.2) is 0 Å². The fraction of sp³-hybridized carbons (Fsp3) is 0. The monoisotopic (exact) mass is 400 g/mol. The number of aromatic amines is 1. The van der Waals surface area contributed by atoms with Crippen molar-refractivity contribution >= 4 is 31.9 Å². The average molecular weight is 402 g/mol. The summed E-state index contributed by atoms with van der Waals surface area (Å²) in [7, 11) is 0. The van der Waals surface area contributed by atoms with Gasteiger partial charge in [0, 0.05) is 20.2 Å². The zero-order valence-corrected chi connectivity index (χ0v) is 14.1. The molecular weight excluding hydrogens is 392 g/mol. The van der Waals surface area contributed by atoms with E-state index in [2.05, 4.69) is 42.9 Å². The third-order valence-corrected chi connectivity index (χ3v) is 4.30. The molecule has 1 heterocycles. The van der Waals surface area contributed by atoms with E-state index in [1.165, 1.54) is 0 Å². The van der Waals surface area contributed by atoms with Gasteiger partial charge in [-0.1, -0.05) is 56.1 Å². The molecule has 2 aromatic carbocycles. The first-order valence-electron chi connectivity index (χ1n) is 6.32. The van der Waals surface area contributed by atoms with E-state index in [4.69, 9.17) is 0 Å². The van der Waals surface area contributed by atoms with Crippen LogP contribution in [0.5, 0.6) is 0 Å². The molecule has 3 aromatic rings. The molecule has 1 N–H and O–H groups in total. The zero-order valence-electron chi connectivity index (χ0n) is 10.9. The highest BCUT2D eigenvalue weighted by Gasteiger charge is 2.11. The van der Waals surface area contributed by atoms with Crippen molar-refractivity contribution in [1.82, 2.24) is 4.98 Å². The fourth-order valence-corrected chi connectivity index (χ4v) is 2.71. The van der Waals surface area contributed by atoms with Crippen molar-refractivity contribution in [2.75, 3.05) is 0 Å². The van der Waals surface area contributed by atoms with Crippen LogP contribution in [0.1, 0.15) is 5.69 Å². The summed E-state index contributed by atoms with van der Waals surface area (Å²) in [5, 5.41) is 9.34. The number of H-pyrrole nitrogens is 1. The fourth-order valence-electron chi connectivity index (χ4n) is 2.18. The lowest BCUT2D eigenvalue weighted by atomic mass is 10.1. The van der Waals surface area contributed by atoms with Crippen LogP contribution in [0.25, 0.3) is 22.4 Å². The highest BCUT2D eigenvalue weighted by molar-refractivity contribution is 9.10. The summed E-state index contributed by atoms with van der Waals surface area (Å²) in [6.07, 6.45) is 0. The minimum atomic E-state index is 0.579. The van der Waals surface area contributed by atoms with Gasteiger partial charge < -0.3 is 4.98 Å². The SMILES string of the molecule is N#Cc1[nH]c(-c2ccc(Br)cc2)cc1-c1ccc(Br)cc1. The van der Waals surface area contributed by atoms with Gasteiger partial charge in [-0.15, -0.1) is 0 Å². The number of nitrogens with zero attached hydrogens (tertiary/aromatic N) is 1. The van der Waals surface area contributed by atoms with Crippen LogP contribution in [0.4, 0.5) is 0 Å². The predicted molar refractivity (Wildman–Crippen MR) is 91.8 cm³/mol. The number of aromatic nitrogens is 1. The first-order valence-corrected chi connectivity index (χ1v) is 7.91.